The highest BCUT2D eigenvalue weighted by atomic mass is 19.4. The van der Waals surface area contributed by atoms with Crippen molar-refractivity contribution in [2.24, 2.45) is 5.16 Å². The van der Waals surface area contributed by atoms with E-state index in [1.54, 1.807) is 0 Å². The highest BCUT2D eigenvalue weighted by molar-refractivity contribution is 6.80. The van der Waals surface area contributed by atoms with E-state index in [9.17, 15) is 27.6 Å². The molecule has 1 aromatic rings. The molecule has 1 N–H and O–H groups in total. The van der Waals surface area contributed by atoms with Gasteiger partial charge in [-0.3, -0.25) is 9.59 Å². The fourth-order valence-electron chi connectivity index (χ4n) is 1.36. The van der Waals surface area contributed by atoms with Crippen LogP contribution in [-0.4, -0.2) is 35.6 Å². The minimum atomic E-state index is -4.70. The van der Waals surface area contributed by atoms with E-state index in [-0.39, 0.29) is 0 Å². The van der Waals surface area contributed by atoms with Crippen molar-refractivity contribution in [2.45, 2.75) is 6.18 Å². The van der Waals surface area contributed by atoms with Crippen LogP contribution in [0.25, 0.3) is 0 Å². The van der Waals surface area contributed by atoms with Crippen LogP contribution < -0.4 is 0 Å². The Hall–Kier alpha value is -2.71. The molecule has 6 nitrogen and oxygen atoms in total. The molecule has 0 atom stereocenters. The highest BCUT2D eigenvalue weighted by Gasteiger charge is 2.33. The van der Waals surface area contributed by atoms with Gasteiger partial charge in [-0.15, -0.1) is 0 Å². The summed E-state index contributed by atoms with van der Waals surface area (Å²) in [6, 6.07) is 3.10. The summed E-state index contributed by atoms with van der Waals surface area (Å²) in [5.41, 5.74) is -2.92. The molecule has 0 radical (unpaired) electrons. The molecule has 112 valence electrons. The molecule has 0 aliphatic heterocycles. The second kappa shape index (κ2) is 6.16. The largest absolute Gasteiger partial charge is 0.463 e. The molecule has 0 aliphatic rings. The van der Waals surface area contributed by atoms with E-state index in [1.807, 2.05) is 0 Å². The molecule has 0 bridgehead atoms. The van der Waals surface area contributed by atoms with E-state index < -0.39 is 40.6 Å². The number of oxime groups is 1. The number of carbonyl (C=O) groups is 3. The van der Waals surface area contributed by atoms with Crippen molar-refractivity contribution in [1.82, 2.24) is 0 Å². The molecule has 0 unspecified atom stereocenters. The first-order valence-corrected chi connectivity index (χ1v) is 5.29. The highest BCUT2D eigenvalue weighted by Crippen LogP contribution is 2.29. The Morgan fingerprint density at radius 1 is 1.24 bits per heavy atom. The van der Waals surface area contributed by atoms with Gasteiger partial charge in [0.2, 0.25) is 11.5 Å². The van der Waals surface area contributed by atoms with Crippen LogP contribution in [0.5, 0.6) is 0 Å². The number of esters is 1. The van der Waals surface area contributed by atoms with Crippen molar-refractivity contribution in [3.63, 3.8) is 0 Å². The lowest BCUT2D eigenvalue weighted by molar-refractivity contribution is -0.148. The Balaban J connectivity index is 3.19. The van der Waals surface area contributed by atoms with E-state index in [4.69, 9.17) is 5.21 Å². The summed E-state index contributed by atoms with van der Waals surface area (Å²) in [5.74, 6) is -4.38. The SMILES string of the molecule is COC(=O)C(=O)/C(=N/O)C(=O)c1cccc(C(F)(F)F)c1. The van der Waals surface area contributed by atoms with Gasteiger partial charge in [-0.25, -0.2) is 4.79 Å². The maximum Gasteiger partial charge on any atom is 0.416 e. The number of benzene rings is 1. The van der Waals surface area contributed by atoms with E-state index >= 15 is 0 Å². The van der Waals surface area contributed by atoms with Crippen molar-refractivity contribution in [3.8, 4) is 0 Å². The Kier molecular flexibility index (Phi) is 4.79. The van der Waals surface area contributed by atoms with Gasteiger partial charge in [0.05, 0.1) is 12.7 Å². The number of rotatable bonds is 4. The molecule has 0 aliphatic carbocycles. The smallest absolute Gasteiger partial charge is 0.416 e. The molecular formula is C12H8F3NO5. The first kappa shape index (κ1) is 16.3. The van der Waals surface area contributed by atoms with Crippen molar-refractivity contribution in [2.75, 3.05) is 7.11 Å². The third-order valence-electron chi connectivity index (χ3n) is 2.35. The van der Waals surface area contributed by atoms with Crippen LogP contribution in [0.4, 0.5) is 13.2 Å². The zero-order chi connectivity index (χ0) is 16.2. The Morgan fingerprint density at radius 3 is 2.33 bits per heavy atom. The standard InChI is InChI=1S/C12H8F3NO5/c1-21-11(19)10(18)8(16-20)9(17)6-3-2-4-7(5-6)12(13,14)15/h2-5,20H,1H3/b16-8+. The quantitative estimate of drug-likeness (QED) is 0.173. The van der Waals surface area contributed by atoms with Gasteiger partial charge in [-0.05, 0) is 12.1 Å². The van der Waals surface area contributed by atoms with Crippen LogP contribution in [0.3, 0.4) is 0 Å². The average molecular weight is 303 g/mol. The van der Waals surface area contributed by atoms with Crippen molar-refractivity contribution >= 4 is 23.2 Å². The first-order valence-electron chi connectivity index (χ1n) is 5.29. The summed E-state index contributed by atoms with van der Waals surface area (Å²) in [6.45, 7) is 0. The van der Waals surface area contributed by atoms with Gasteiger partial charge in [0.15, 0.2) is 0 Å². The van der Waals surface area contributed by atoms with Crippen LogP contribution in [0.2, 0.25) is 0 Å². The predicted octanol–water partition coefficient (Wildman–Crippen LogP) is 1.46. The second-order valence-electron chi connectivity index (χ2n) is 3.68. The Bertz CT molecular complexity index is 622. The maximum absolute atomic E-state index is 12.5. The molecule has 1 rings (SSSR count). The molecule has 21 heavy (non-hydrogen) atoms. The monoisotopic (exact) mass is 303 g/mol. The van der Waals surface area contributed by atoms with Crippen molar-refractivity contribution in [1.29, 1.82) is 0 Å². The lowest BCUT2D eigenvalue weighted by atomic mass is 10.0. The lowest BCUT2D eigenvalue weighted by Crippen LogP contribution is -2.31. The number of ketones is 2. The zero-order valence-corrected chi connectivity index (χ0v) is 10.5. The summed E-state index contributed by atoms with van der Waals surface area (Å²) in [6.07, 6.45) is -4.70. The third kappa shape index (κ3) is 3.65. The minimum Gasteiger partial charge on any atom is -0.463 e. The normalized spacial score (nSPS) is 11.9. The van der Waals surface area contributed by atoms with Gasteiger partial charge < -0.3 is 9.94 Å². The van der Waals surface area contributed by atoms with Crippen molar-refractivity contribution < 1.29 is 37.5 Å². The number of Topliss-reactive ketones (excluding diaryl/α,β-unsaturated/α-hetero) is 2. The minimum absolute atomic E-state index is 0.470. The van der Waals surface area contributed by atoms with Gasteiger partial charge in [0.1, 0.15) is 0 Å². The van der Waals surface area contributed by atoms with Crippen LogP contribution in [0.15, 0.2) is 29.4 Å². The van der Waals surface area contributed by atoms with Crippen LogP contribution in [0.1, 0.15) is 15.9 Å². The molecule has 0 heterocycles. The number of alkyl halides is 3. The molecule has 1 aromatic carbocycles. The zero-order valence-electron chi connectivity index (χ0n) is 10.5. The van der Waals surface area contributed by atoms with Crippen molar-refractivity contribution in [3.05, 3.63) is 35.4 Å². The molecule has 0 amide bonds. The number of nitrogens with zero attached hydrogens (tertiary/aromatic N) is 1. The van der Waals surface area contributed by atoms with Crippen LogP contribution >= 0.6 is 0 Å². The molecule has 0 fully saturated rings. The van der Waals surface area contributed by atoms with Crippen LogP contribution in [-0.2, 0) is 20.5 Å². The predicted molar refractivity (Wildman–Crippen MR) is 62.0 cm³/mol. The van der Waals surface area contributed by atoms with E-state index in [0.717, 1.165) is 19.2 Å². The Morgan fingerprint density at radius 2 is 1.86 bits per heavy atom. The molecule has 0 aromatic heterocycles. The maximum atomic E-state index is 12.5. The fraction of sp³-hybridized carbons (Fsp3) is 0.167. The number of ether oxygens (including phenoxy) is 1. The van der Waals surface area contributed by atoms with Gasteiger partial charge in [0.25, 0.3) is 5.78 Å². The van der Waals surface area contributed by atoms with E-state index in [2.05, 4.69) is 9.89 Å². The number of methoxy groups -OCH3 is 1. The third-order valence-corrected chi connectivity index (χ3v) is 2.35. The average Bonchev–Trinajstić information content (AvgIpc) is 2.46. The second-order valence-corrected chi connectivity index (χ2v) is 3.68. The summed E-state index contributed by atoms with van der Waals surface area (Å²) in [4.78, 5) is 34.2. The summed E-state index contributed by atoms with van der Waals surface area (Å²) in [7, 11) is 0.851. The van der Waals surface area contributed by atoms with E-state index in [1.165, 1.54) is 0 Å². The number of hydrogen-bond acceptors (Lipinski definition) is 6. The summed E-state index contributed by atoms with van der Waals surface area (Å²) >= 11 is 0. The van der Waals surface area contributed by atoms with Gasteiger partial charge >= 0.3 is 12.1 Å². The number of carbonyl (C=O) groups excluding carboxylic acids is 3. The molecule has 0 saturated carbocycles. The van der Waals surface area contributed by atoms with Crippen LogP contribution in [0, 0.1) is 0 Å². The van der Waals surface area contributed by atoms with Gasteiger partial charge in [-0.2, -0.15) is 13.2 Å². The van der Waals surface area contributed by atoms with E-state index in [0.29, 0.717) is 12.1 Å². The van der Waals surface area contributed by atoms with Gasteiger partial charge in [0, 0.05) is 5.56 Å². The molecule has 0 spiro atoms. The molecule has 9 heteroatoms. The number of halogens is 3. The Labute approximate surface area is 115 Å². The molecule has 0 saturated heterocycles. The summed E-state index contributed by atoms with van der Waals surface area (Å²) in [5, 5.41) is 11.0. The summed E-state index contributed by atoms with van der Waals surface area (Å²) < 4.78 is 41.6. The lowest BCUT2D eigenvalue weighted by Gasteiger charge is -2.08. The number of hydrogen-bond donors (Lipinski definition) is 1. The van der Waals surface area contributed by atoms with Gasteiger partial charge in [-0.1, -0.05) is 17.3 Å². The first-order chi connectivity index (χ1) is 9.72. The molecular weight excluding hydrogens is 295 g/mol. The topological polar surface area (TPSA) is 93.0 Å². The fourth-order valence-corrected chi connectivity index (χ4v) is 1.36.